The Balaban J connectivity index is 2.54. The van der Waals surface area contributed by atoms with Crippen molar-refractivity contribution in [2.24, 2.45) is 0 Å². The monoisotopic (exact) mass is 225 g/mol. The summed E-state index contributed by atoms with van der Waals surface area (Å²) in [7, 11) is 0. The van der Waals surface area contributed by atoms with Gasteiger partial charge in [0.1, 0.15) is 5.75 Å². The zero-order valence-corrected chi connectivity index (χ0v) is 9.80. The number of hydrogen-bond acceptors (Lipinski definition) is 2. The predicted molar refractivity (Wildman–Crippen MR) is 64.3 cm³/mol. The van der Waals surface area contributed by atoms with Gasteiger partial charge in [-0.15, -0.1) is 0 Å². The Morgan fingerprint density at radius 1 is 1.47 bits per heavy atom. The van der Waals surface area contributed by atoms with E-state index >= 15 is 0 Å². The molecule has 15 heavy (non-hydrogen) atoms. The summed E-state index contributed by atoms with van der Waals surface area (Å²) in [5.74, 6) is 0.243. The second-order valence-corrected chi connectivity index (χ2v) is 4.06. The lowest BCUT2D eigenvalue weighted by Gasteiger charge is -2.07. The normalized spacial score (nSPS) is 10.1. The highest BCUT2D eigenvalue weighted by Gasteiger charge is 2.04. The molecule has 0 aliphatic carbocycles. The number of rotatable bonds is 4. The number of allylic oxidation sites excluding steroid dienone is 1. The summed E-state index contributed by atoms with van der Waals surface area (Å²) < 4.78 is 0. The molecule has 0 radical (unpaired) electrons. The van der Waals surface area contributed by atoms with Gasteiger partial charge < -0.3 is 10.4 Å². The van der Waals surface area contributed by atoms with E-state index < -0.39 is 0 Å². The van der Waals surface area contributed by atoms with E-state index in [-0.39, 0.29) is 5.75 Å². The fourth-order valence-electron chi connectivity index (χ4n) is 1.20. The van der Waals surface area contributed by atoms with E-state index in [2.05, 4.69) is 25.2 Å². The zero-order valence-electron chi connectivity index (χ0n) is 9.05. The van der Waals surface area contributed by atoms with E-state index in [9.17, 15) is 5.11 Å². The summed E-state index contributed by atoms with van der Waals surface area (Å²) in [6, 6.07) is 5.15. The van der Waals surface area contributed by atoms with Crippen molar-refractivity contribution in [3.05, 3.63) is 40.4 Å². The Morgan fingerprint density at radius 3 is 2.80 bits per heavy atom. The van der Waals surface area contributed by atoms with Crippen LogP contribution in [0.2, 0.25) is 5.02 Å². The lowest BCUT2D eigenvalue weighted by molar-refractivity contribution is 0.465. The highest BCUT2D eigenvalue weighted by Crippen LogP contribution is 2.24. The van der Waals surface area contributed by atoms with Crippen LogP contribution in [0.4, 0.5) is 0 Å². The fourth-order valence-corrected chi connectivity index (χ4v) is 1.43. The number of halogens is 1. The van der Waals surface area contributed by atoms with Crippen molar-refractivity contribution in [2.45, 2.75) is 20.4 Å². The molecule has 0 spiro atoms. The average Bonchev–Trinajstić information content (AvgIpc) is 2.15. The third kappa shape index (κ3) is 3.94. The van der Waals surface area contributed by atoms with Crippen molar-refractivity contribution < 1.29 is 5.11 Å². The zero-order chi connectivity index (χ0) is 11.3. The van der Waals surface area contributed by atoms with Gasteiger partial charge in [-0.25, -0.2) is 0 Å². The lowest BCUT2D eigenvalue weighted by Crippen LogP contribution is -2.13. The Morgan fingerprint density at radius 2 is 2.20 bits per heavy atom. The molecular formula is C12H16ClNO. The van der Waals surface area contributed by atoms with Crippen molar-refractivity contribution in [1.29, 1.82) is 0 Å². The molecule has 1 aromatic carbocycles. The molecule has 0 aliphatic rings. The molecule has 2 nitrogen and oxygen atoms in total. The summed E-state index contributed by atoms with van der Waals surface area (Å²) >= 11 is 5.96. The Bertz CT molecular complexity index is 336. The number of phenols is 1. The first kappa shape index (κ1) is 12.1. The molecule has 0 saturated heterocycles. The van der Waals surface area contributed by atoms with Crippen molar-refractivity contribution in [1.82, 2.24) is 5.32 Å². The van der Waals surface area contributed by atoms with Crippen molar-refractivity contribution in [3.8, 4) is 5.75 Å². The van der Waals surface area contributed by atoms with Gasteiger partial charge in [0, 0.05) is 23.7 Å². The lowest BCUT2D eigenvalue weighted by atomic mass is 10.2. The molecule has 0 bridgehead atoms. The SMILES string of the molecule is CC(C)=CCNCc1c(O)cccc1Cl. The second-order valence-electron chi connectivity index (χ2n) is 3.65. The van der Waals surface area contributed by atoms with Gasteiger partial charge in [-0.1, -0.05) is 29.3 Å². The fraction of sp³-hybridized carbons (Fsp3) is 0.333. The third-order valence-corrected chi connectivity index (χ3v) is 2.40. The Hall–Kier alpha value is -0.990. The summed E-state index contributed by atoms with van der Waals surface area (Å²) in [6.07, 6.45) is 2.09. The minimum absolute atomic E-state index is 0.243. The third-order valence-electron chi connectivity index (χ3n) is 2.05. The molecule has 3 heteroatoms. The van der Waals surface area contributed by atoms with Gasteiger partial charge in [-0.3, -0.25) is 0 Å². The van der Waals surface area contributed by atoms with Crippen LogP contribution in [0.3, 0.4) is 0 Å². The first-order valence-electron chi connectivity index (χ1n) is 4.91. The van der Waals surface area contributed by atoms with Gasteiger partial charge in [0.15, 0.2) is 0 Å². The van der Waals surface area contributed by atoms with E-state index in [0.29, 0.717) is 11.6 Å². The number of hydrogen-bond donors (Lipinski definition) is 2. The van der Waals surface area contributed by atoms with E-state index in [4.69, 9.17) is 11.6 Å². The minimum atomic E-state index is 0.243. The van der Waals surface area contributed by atoms with Crippen LogP contribution in [0.5, 0.6) is 5.75 Å². The first-order valence-corrected chi connectivity index (χ1v) is 5.29. The largest absolute Gasteiger partial charge is 0.508 e. The summed E-state index contributed by atoms with van der Waals surface area (Å²) in [6.45, 7) is 5.46. The smallest absolute Gasteiger partial charge is 0.121 e. The number of benzene rings is 1. The Labute approximate surface area is 95.6 Å². The number of aromatic hydroxyl groups is 1. The summed E-state index contributed by atoms with van der Waals surface area (Å²) in [5.41, 5.74) is 2.02. The molecular weight excluding hydrogens is 210 g/mol. The molecule has 2 N–H and O–H groups in total. The van der Waals surface area contributed by atoms with Crippen molar-refractivity contribution in [2.75, 3.05) is 6.54 Å². The van der Waals surface area contributed by atoms with E-state index in [1.54, 1.807) is 18.2 Å². The molecule has 0 atom stereocenters. The maximum Gasteiger partial charge on any atom is 0.121 e. The standard InChI is InChI=1S/C12H16ClNO/c1-9(2)6-7-14-8-10-11(13)4-3-5-12(10)15/h3-6,14-15H,7-8H2,1-2H3. The molecule has 0 amide bonds. The van der Waals surface area contributed by atoms with E-state index in [1.165, 1.54) is 5.57 Å². The minimum Gasteiger partial charge on any atom is -0.508 e. The predicted octanol–water partition coefficient (Wildman–Crippen LogP) is 3.10. The highest BCUT2D eigenvalue weighted by molar-refractivity contribution is 6.31. The molecule has 1 aromatic rings. The van der Waals surface area contributed by atoms with Crippen molar-refractivity contribution in [3.63, 3.8) is 0 Å². The maximum atomic E-state index is 9.56. The molecule has 0 aliphatic heterocycles. The van der Waals surface area contributed by atoms with Crippen LogP contribution in [0, 0.1) is 0 Å². The van der Waals surface area contributed by atoms with Crippen LogP contribution >= 0.6 is 11.6 Å². The average molecular weight is 226 g/mol. The molecule has 82 valence electrons. The van der Waals surface area contributed by atoms with E-state index in [0.717, 1.165) is 12.1 Å². The highest BCUT2D eigenvalue weighted by atomic mass is 35.5. The summed E-state index contributed by atoms with van der Waals surface area (Å²) in [5, 5.41) is 13.4. The molecule has 0 aromatic heterocycles. The molecule has 1 rings (SSSR count). The van der Waals surface area contributed by atoms with Gasteiger partial charge in [0.05, 0.1) is 0 Å². The van der Waals surface area contributed by atoms with Gasteiger partial charge in [-0.05, 0) is 26.0 Å². The molecule has 0 unspecified atom stereocenters. The Kier molecular flexibility index (Phi) is 4.66. The number of nitrogens with one attached hydrogen (secondary N) is 1. The van der Waals surface area contributed by atoms with Gasteiger partial charge >= 0.3 is 0 Å². The number of phenolic OH excluding ortho intramolecular Hbond substituents is 1. The van der Waals surface area contributed by atoms with Gasteiger partial charge in [-0.2, -0.15) is 0 Å². The van der Waals surface area contributed by atoms with Gasteiger partial charge in [0.2, 0.25) is 0 Å². The topological polar surface area (TPSA) is 32.3 Å². The van der Waals surface area contributed by atoms with Gasteiger partial charge in [0.25, 0.3) is 0 Å². The van der Waals surface area contributed by atoms with Crippen LogP contribution in [-0.2, 0) is 6.54 Å². The van der Waals surface area contributed by atoms with Crippen LogP contribution in [-0.4, -0.2) is 11.7 Å². The van der Waals surface area contributed by atoms with Crippen molar-refractivity contribution >= 4 is 11.6 Å². The maximum absolute atomic E-state index is 9.56. The molecule has 0 saturated carbocycles. The van der Waals surface area contributed by atoms with Crippen LogP contribution in [0.1, 0.15) is 19.4 Å². The summed E-state index contributed by atoms with van der Waals surface area (Å²) in [4.78, 5) is 0. The van der Waals surface area contributed by atoms with E-state index in [1.807, 2.05) is 0 Å². The first-order chi connectivity index (χ1) is 7.11. The van der Waals surface area contributed by atoms with Crippen LogP contribution < -0.4 is 5.32 Å². The second kappa shape index (κ2) is 5.79. The van der Waals surface area contributed by atoms with Crippen LogP contribution in [0.25, 0.3) is 0 Å². The molecule has 0 fully saturated rings. The van der Waals surface area contributed by atoms with Crippen LogP contribution in [0.15, 0.2) is 29.8 Å². The quantitative estimate of drug-likeness (QED) is 0.610. The molecule has 0 heterocycles.